The van der Waals surface area contributed by atoms with Gasteiger partial charge >= 0.3 is 5.97 Å². The summed E-state index contributed by atoms with van der Waals surface area (Å²) in [6, 6.07) is 10.3. The van der Waals surface area contributed by atoms with E-state index in [9.17, 15) is 4.79 Å². The molecular formula is C14H14N2O3. The number of pyridine rings is 1. The van der Waals surface area contributed by atoms with Crippen LogP contribution in [0.25, 0.3) is 0 Å². The van der Waals surface area contributed by atoms with E-state index >= 15 is 0 Å². The van der Waals surface area contributed by atoms with E-state index in [-0.39, 0.29) is 12.2 Å². The van der Waals surface area contributed by atoms with Crippen LogP contribution >= 0.6 is 0 Å². The third-order valence-electron chi connectivity index (χ3n) is 2.56. The molecule has 0 fully saturated rings. The van der Waals surface area contributed by atoms with Gasteiger partial charge in [0.05, 0.1) is 18.4 Å². The maximum atomic E-state index is 11.9. The number of hydrogen-bond acceptors (Lipinski definition) is 5. The molecule has 2 rings (SSSR count). The Labute approximate surface area is 111 Å². The second-order valence-electron chi connectivity index (χ2n) is 3.85. The highest BCUT2D eigenvalue weighted by molar-refractivity contribution is 5.95. The Balaban J connectivity index is 2.08. The quantitative estimate of drug-likeness (QED) is 0.671. The molecular weight excluding hydrogens is 244 g/mol. The van der Waals surface area contributed by atoms with E-state index in [0.717, 1.165) is 0 Å². The first-order valence-corrected chi connectivity index (χ1v) is 5.71. The number of carbonyl (C=O) groups excluding carboxylic acids is 1. The standard InChI is InChI=1S/C14H14N2O3/c1-18-11-5-6-13(15)12(8-11)14(17)19-9-10-4-2-3-7-16-10/h2-8H,9,15H2,1H3. The van der Waals surface area contributed by atoms with Crippen LogP contribution in [0.4, 0.5) is 5.69 Å². The summed E-state index contributed by atoms with van der Waals surface area (Å²) < 4.78 is 10.2. The predicted molar refractivity (Wildman–Crippen MR) is 70.8 cm³/mol. The van der Waals surface area contributed by atoms with Crippen LogP contribution in [-0.2, 0) is 11.3 Å². The van der Waals surface area contributed by atoms with Crippen LogP contribution in [0, 0.1) is 0 Å². The second kappa shape index (κ2) is 5.86. The van der Waals surface area contributed by atoms with Crippen molar-refractivity contribution in [2.24, 2.45) is 0 Å². The largest absolute Gasteiger partial charge is 0.497 e. The van der Waals surface area contributed by atoms with Crippen LogP contribution in [0.15, 0.2) is 42.6 Å². The molecule has 2 N–H and O–H groups in total. The fraction of sp³-hybridized carbons (Fsp3) is 0.143. The number of nitrogens with zero attached hydrogens (tertiary/aromatic N) is 1. The van der Waals surface area contributed by atoms with Crippen molar-refractivity contribution in [3.8, 4) is 5.75 Å². The number of carbonyl (C=O) groups is 1. The lowest BCUT2D eigenvalue weighted by molar-refractivity contribution is 0.0468. The Morgan fingerprint density at radius 3 is 2.84 bits per heavy atom. The van der Waals surface area contributed by atoms with Gasteiger partial charge in [0, 0.05) is 11.9 Å². The van der Waals surface area contributed by atoms with Gasteiger partial charge in [-0.3, -0.25) is 4.98 Å². The molecule has 2 aromatic rings. The summed E-state index contributed by atoms with van der Waals surface area (Å²) in [6.07, 6.45) is 1.64. The molecule has 0 bridgehead atoms. The molecule has 0 saturated carbocycles. The second-order valence-corrected chi connectivity index (χ2v) is 3.85. The highest BCUT2D eigenvalue weighted by Gasteiger charge is 2.12. The van der Waals surface area contributed by atoms with Gasteiger partial charge < -0.3 is 15.2 Å². The summed E-state index contributed by atoms with van der Waals surface area (Å²) in [7, 11) is 1.52. The van der Waals surface area contributed by atoms with E-state index in [1.54, 1.807) is 36.5 Å². The van der Waals surface area contributed by atoms with Gasteiger partial charge in [0.15, 0.2) is 0 Å². The molecule has 19 heavy (non-hydrogen) atoms. The van der Waals surface area contributed by atoms with Crippen LogP contribution in [0.5, 0.6) is 5.75 Å². The van der Waals surface area contributed by atoms with Crippen LogP contribution in [0.2, 0.25) is 0 Å². The van der Waals surface area contributed by atoms with Crippen LogP contribution in [0.1, 0.15) is 16.1 Å². The third kappa shape index (κ3) is 3.22. The first-order valence-electron chi connectivity index (χ1n) is 5.71. The lowest BCUT2D eigenvalue weighted by Gasteiger charge is -2.08. The average Bonchev–Trinajstić information content (AvgIpc) is 2.46. The van der Waals surface area contributed by atoms with Gasteiger partial charge in [0.2, 0.25) is 0 Å². The summed E-state index contributed by atoms with van der Waals surface area (Å²) in [5.41, 5.74) is 7.06. The first kappa shape index (κ1) is 12.9. The van der Waals surface area contributed by atoms with Gasteiger partial charge in [0.25, 0.3) is 0 Å². The molecule has 0 amide bonds. The van der Waals surface area contributed by atoms with Gasteiger partial charge in [-0.1, -0.05) is 6.07 Å². The lowest BCUT2D eigenvalue weighted by Crippen LogP contribution is -2.09. The Morgan fingerprint density at radius 2 is 2.16 bits per heavy atom. The molecule has 1 heterocycles. The Hall–Kier alpha value is -2.56. The van der Waals surface area contributed by atoms with Crippen molar-refractivity contribution in [2.75, 3.05) is 12.8 Å². The zero-order valence-corrected chi connectivity index (χ0v) is 10.5. The highest BCUT2D eigenvalue weighted by Crippen LogP contribution is 2.20. The van der Waals surface area contributed by atoms with E-state index in [1.807, 2.05) is 6.07 Å². The number of anilines is 1. The molecule has 0 atom stereocenters. The van der Waals surface area contributed by atoms with Crippen molar-refractivity contribution in [1.29, 1.82) is 0 Å². The molecule has 0 aliphatic carbocycles. The molecule has 0 aliphatic rings. The van der Waals surface area contributed by atoms with Crippen LogP contribution < -0.4 is 10.5 Å². The Kier molecular flexibility index (Phi) is 3.97. The summed E-state index contributed by atoms with van der Waals surface area (Å²) >= 11 is 0. The molecule has 1 aromatic heterocycles. The number of esters is 1. The van der Waals surface area contributed by atoms with Crippen LogP contribution in [-0.4, -0.2) is 18.1 Å². The number of methoxy groups -OCH3 is 1. The minimum absolute atomic E-state index is 0.107. The highest BCUT2D eigenvalue weighted by atomic mass is 16.5. The number of nitrogens with two attached hydrogens (primary N) is 1. The minimum atomic E-state index is -0.498. The first-order chi connectivity index (χ1) is 9.20. The number of nitrogen functional groups attached to an aromatic ring is 1. The number of benzene rings is 1. The Bertz CT molecular complexity index is 570. The number of ether oxygens (including phenoxy) is 2. The number of hydrogen-bond donors (Lipinski definition) is 1. The summed E-state index contributed by atoms with van der Waals surface area (Å²) in [5, 5.41) is 0. The molecule has 5 heteroatoms. The smallest absolute Gasteiger partial charge is 0.340 e. The van der Waals surface area contributed by atoms with Crippen molar-refractivity contribution >= 4 is 11.7 Å². The third-order valence-corrected chi connectivity index (χ3v) is 2.56. The molecule has 0 radical (unpaired) electrons. The van der Waals surface area contributed by atoms with Crippen molar-refractivity contribution < 1.29 is 14.3 Å². The molecule has 0 saturated heterocycles. The summed E-state index contributed by atoms with van der Waals surface area (Å²) in [5.74, 6) is 0.0565. The maximum Gasteiger partial charge on any atom is 0.340 e. The fourth-order valence-corrected chi connectivity index (χ4v) is 1.54. The van der Waals surface area contributed by atoms with Crippen molar-refractivity contribution in [3.63, 3.8) is 0 Å². The van der Waals surface area contributed by atoms with Crippen molar-refractivity contribution in [1.82, 2.24) is 4.98 Å². The zero-order chi connectivity index (χ0) is 13.7. The average molecular weight is 258 g/mol. The van der Waals surface area contributed by atoms with E-state index in [2.05, 4.69) is 4.98 Å². The monoisotopic (exact) mass is 258 g/mol. The molecule has 0 spiro atoms. The molecule has 98 valence electrons. The predicted octanol–water partition coefficient (Wildman–Crippen LogP) is 2.03. The van der Waals surface area contributed by atoms with Gasteiger partial charge in [-0.05, 0) is 30.3 Å². The maximum absolute atomic E-state index is 11.9. The van der Waals surface area contributed by atoms with Gasteiger partial charge in [-0.2, -0.15) is 0 Å². The minimum Gasteiger partial charge on any atom is -0.497 e. The summed E-state index contributed by atoms with van der Waals surface area (Å²) in [6.45, 7) is 0.107. The van der Waals surface area contributed by atoms with Crippen LogP contribution in [0.3, 0.4) is 0 Å². The fourth-order valence-electron chi connectivity index (χ4n) is 1.54. The SMILES string of the molecule is COc1ccc(N)c(C(=O)OCc2ccccn2)c1. The molecule has 0 unspecified atom stereocenters. The Morgan fingerprint density at radius 1 is 1.32 bits per heavy atom. The number of rotatable bonds is 4. The van der Waals surface area contributed by atoms with Crippen molar-refractivity contribution in [3.05, 3.63) is 53.9 Å². The zero-order valence-electron chi connectivity index (χ0n) is 10.5. The molecule has 5 nitrogen and oxygen atoms in total. The summed E-state index contributed by atoms with van der Waals surface area (Å²) in [4.78, 5) is 16.0. The van der Waals surface area contributed by atoms with E-state index in [4.69, 9.17) is 15.2 Å². The van der Waals surface area contributed by atoms with Gasteiger partial charge in [-0.25, -0.2) is 4.79 Å². The topological polar surface area (TPSA) is 74.4 Å². The van der Waals surface area contributed by atoms with Crippen molar-refractivity contribution in [2.45, 2.75) is 6.61 Å². The van der Waals surface area contributed by atoms with E-state index in [0.29, 0.717) is 17.1 Å². The van der Waals surface area contributed by atoms with Gasteiger partial charge in [0.1, 0.15) is 12.4 Å². The van der Waals surface area contributed by atoms with E-state index < -0.39 is 5.97 Å². The number of aromatic nitrogens is 1. The van der Waals surface area contributed by atoms with Gasteiger partial charge in [-0.15, -0.1) is 0 Å². The lowest BCUT2D eigenvalue weighted by atomic mass is 10.2. The normalized spacial score (nSPS) is 9.95. The van der Waals surface area contributed by atoms with E-state index in [1.165, 1.54) is 7.11 Å². The molecule has 1 aromatic carbocycles. The molecule has 0 aliphatic heterocycles.